The number of hydrogen-bond acceptors (Lipinski definition) is 4. The maximum absolute atomic E-state index is 11.4. The van der Waals surface area contributed by atoms with Crippen LogP contribution in [0, 0.1) is 6.92 Å². The van der Waals surface area contributed by atoms with Gasteiger partial charge in [0.25, 0.3) is 0 Å². The molecule has 3 aromatic carbocycles. The lowest BCUT2D eigenvalue weighted by Crippen LogP contribution is -2.48. The molecule has 1 aliphatic heterocycles. The van der Waals surface area contributed by atoms with Crippen molar-refractivity contribution in [1.82, 2.24) is 9.80 Å². The van der Waals surface area contributed by atoms with Gasteiger partial charge in [0.05, 0.1) is 19.3 Å². The summed E-state index contributed by atoms with van der Waals surface area (Å²) in [6, 6.07) is 26.9. The van der Waals surface area contributed by atoms with E-state index in [1.54, 1.807) is 7.11 Å². The topological polar surface area (TPSA) is 35.9 Å². The second-order valence-electron chi connectivity index (χ2n) is 8.37. The van der Waals surface area contributed by atoms with Crippen LogP contribution in [0.5, 0.6) is 5.75 Å². The standard InChI is InChI=1S/C27H32N2O2/c1-21-7-6-10-24(19-21)27(30)26(23-8-4-3-5-9-23)29-17-15-28(16-18-29)20-22-11-13-25(31-2)14-12-22/h3-14,19,26-27,30H,15-18,20H2,1-2H3. The van der Waals surface area contributed by atoms with E-state index in [-0.39, 0.29) is 6.04 Å². The molecule has 0 bridgehead atoms. The molecule has 2 atom stereocenters. The molecule has 1 N–H and O–H groups in total. The van der Waals surface area contributed by atoms with E-state index < -0.39 is 6.10 Å². The molecule has 0 amide bonds. The molecule has 4 heteroatoms. The van der Waals surface area contributed by atoms with Crippen LogP contribution < -0.4 is 4.74 Å². The van der Waals surface area contributed by atoms with Crippen molar-refractivity contribution in [1.29, 1.82) is 0 Å². The van der Waals surface area contributed by atoms with E-state index in [1.807, 2.05) is 30.3 Å². The highest BCUT2D eigenvalue weighted by atomic mass is 16.5. The Bertz CT molecular complexity index is 950. The Morgan fingerprint density at radius 1 is 0.839 bits per heavy atom. The van der Waals surface area contributed by atoms with E-state index >= 15 is 0 Å². The van der Waals surface area contributed by atoms with Crippen LogP contribution >= 0.6 is 0 Å². The van der Waals surface area contributed by atoms with Gasteiger partial charge in [-0.05, 0) is 35.7 Å². The number of benzene rings is 3. The van der Waals surface area contributed by atoms with Crippen molar-refractivity contribution < 1.29 is 9.84 Å². The second kappa shape index (κ2) is 10.1. The summed E-state index contributed by atoms with van der Waals surface area (Å²) < 4.78 is 5.26. The molecule has 4 rings (SSSR count). The molecule has 0 spiro atoms. The third kappa shape index (κ3) is 5.34. The molecule has 0 radical (unpaired) electrons. The van der Waals surface area contributed by atoms with Crippen LogP contribution in [0.25, 0.3) is 0 Å². The molecule has 3 aromatic rings. The van der Waals surface area contributed by atoms with Crippen molar-refractivity contribution in [2.75, 3.05) is 33.3 Å². The lowest BCUT2D eigenvalue weighted by atomic mass is 9.93. The molecular formula is C27H32N2O2. The Morgan fingerprint density at radius 3 is 2.16 bits per heavy atom. The second-order valence-corrected chi connectivity index (χ2v) is 8.37. The molecule has 1 aliphatic rings. The fraction of sp³-hybridized carbons (Fsp3) is 0.333. The number of rotatable bonds is 7. The highest BCUT2D eigenvalue weighted by Crippen LogP contribution is 2.35. The lowest BCUT2D eigenvalue weighted by Gasteiger charge is -2.41. The smallest absolute Gasteiger partial charge is 0.118 e. The van der Waals surface area contributed by atoms with E-state index in [9.17, 15) is 5.11 Å². The first-order valence-corrected chi connectivity index (χ1v) is 11.0. The Labute approximate surface area is 185 Å². The number of aliphatic hydroxyl groups is 1. The maximum Gasteiger partial charge on any atom is 0.118 e. The third-order valence-corrected chi connectivity index (χ3v) is 6.19. The molecule has 0 aromatic heterocycles. The zero-order valence-electron chi connectivity index (χ0n) is 18.4. The lowest BCUT2D eigenvalue weighted by molar-refractivity contribution is 0.0148. The van der Waals surface area contributed by atoms with E-state index in [0.717, 1.165) is 44.0 Å². The normalized spacial score (nSPS) is 17.3. The summed E-state index contributed by atoms with van der Waals surface area (Å²) in [4.78, 5) is 4.92. The van der Waals surface area contributed by atoms with Crippen LogP contribution in [0.4, 0.5) is 0 Å². The van der Waals surface area contributed by atoms with E-state index in [4.69, 9.17) is 4.74 Å². The van der Waals surface area contributed by atoms with Gasteiger partial charge >= 0.3 is 0 Å². The van der Waals surface area contributed by atoms with Gasteiger partial charge in [-0.1, -0.05) is 72.3 Å². The number of aryl methyl sites for hydroxylation is 1. The summed E-state index contributed by atoms with van der Waals surface area (Å²) in [5.74, 6) is 0.893. The summed E-state index contributed by atoms with van der Waals surface area (Å²) in [5.41, 5.74) is 4.62. The molecule has 0 saturated carbocycles. The predicted molar refractivity (Wildman–Crippen MR) is 125 cm³/mol. The quantitative estimate of drug-likeness (QED) is 0.611. The van der Waals surface area contributed by atoms with Crippen LogP contribution in [-0.4, -0.2) is 48.2 Å². The summed E-state index contributed by atoms with van der Waals surface area (Å²) >= 11 is 0. The first-order valence-electron chi connectivity index (χ1n) is 11.0. The first-order chi connectivity index (χ1) is 15.1. The number of hydrogen-bond donors (Lipinski definition) is 1. The summed E-state index contributed by atoms with van der Waals surface area (Å²) in [7, 11) is 1.70. The molecule has 2 unspecified atom stereocenters. The van der Waals surface area contributed by atoms with Gasteiger partial charge in [-0.25, -0.2) is 0 Å². The fourth-order valence-electron chi connectivity index (χ4n) is 4.47. The summed E-state index contributed by atoms with van der Waals surface area (Å²) in [5, 5.41) is 11.4. The van der Waals surface area contributed by atoms with Crippen LogP contribution in [0.2, 0.25) is 0 Å². The van der Waals surface area contributed by atoms with Crippen molar-refractivity contribution in [3.8, 4) is 5.75 Å². The highest BCUT2D eigenvalue weighted by Gasteiger charge is 2.31. The highest BCUT2D eigenvalue weighted by molar-refractivity contribution is 5.30. The number of ether oxygens (including phenoxy) is 1. The number of methoxy groups -OCH3 is 1. The van der Waals surface area contributed by atoms with Crippen LogP contribution in [0.1, 0.15) is 34.4 Å². The van der Waals surface area contributed by atoms with Gasteiger partial charge in [-0.2, -0.15) is 0 Å². The molecule has 162 valence electrons. The van der Waals surface area contributed by atoms with Crippen LogP contribution in [0.15, 0.2) is 78.9 Å². The molecular weight excluding hydrogens is 384 g/mol. The number of nitrogens with zero attached hydrogens (tertiary/aromatic N) is 2. The monoisotopic (exact) mass is 416 g/mol. The fourth-order valence-corrected chi connectivity index (χ4v) is 4.47. The molecule has 31 heavy (non-hydrogen) atoms. The molecule has 1 saturated heterocycles. The third-order valence-electron chi connectivity index (χ3n) is 6.19. The largest absolute Gasteiger partial charge is 0.497 e. The Morgan fingerprint density at radius 2 is 1.52 bits per heavy atom. The average molecular weight is 417 g/mol. The Balaban J connectivity index is 1.47. The minimum atomic E-state index is -0.560. The van der Waals surface area contributed by atoms with Gasteiger partial charge in [0.1, 0.15) is 5.75 Å². The minimum absolute atomic E-state index is 0.0499. The average Bonchev–Trinajstić information content (AvgIpc) is 2.81. The zero-order chi connectivity index (χ0) is 21.6. The van der Waals surface area contributed by atoms with E-state index in [2.05, 4.69) is 65.3 Å². The van der Waals surface area contributed by atoms with E-state index in [1.165, 1.54) is 16.7 Å². The minimum Gasteiger partial charge on any atom is -0.497 e. The molecule has 4 nitrogen and oxygen atoms in total. The van der Waals surface area contributed by atoms with Gasteiger partial charge in [0.15, 0.2) is 0 Å². The van der Waals surface area contributed by atoms with Crippen molar-refractivity contribution in [3.63, 3.8) is 0 Å². The van der Waals surface area contributed by atoms with Crippen molar-refractivity contribution in [3.05, 3.63) is 101 Å². The Kier molecular flexibility index (Phi) is 7.03. The number of piperazine rings is 1. The van der Waals surface area contributed by atoms with E-state index in [0.29, 0.717) is 0 Å². The molecule has 1 heterocycles. The summed E-state index contributed by atoms with van der Waals surface area (Å²) in [6.07, 6.45) is -0.560. The van der Waals surface area contributed by atoms with Gasteiger partial charge in [-0.3, -0.25) is 9.80 Å². The maximum atomic E-state index is 11.4. The predicted octanol–water partition coefficient (Wildman–Crippen LogP) is 4.60. The van der Waals surface area contributed by atoms with Gasteiger partial charge in [-0.15, -0.1) is 0 Å². The summed E-state index contributed by atoms with van der Waals surface area (Å²) in [6.45, 7) is 6.84. The van der Waals surface area contributed by atoms with Crippen LogP contribution in [-0.2, 0) is 6.54 Å². The van der Waals surface area contributed by atoms with Crippen molar-refractivity contribution in [2.45, 2.75) is 25.6 Å². The Hall–Kier alpha value is -2.66. The first kappa shape index (κ1) is 21.6. The van der Waals surface area contributed by atoms with Gasteiger partial charge in [0, 0.05) is 32.7 Å². The van der Waals surface area contributed by atoms with Gasteiger partial charge < -0.3 is 9.84 Å². The van der Waals surface area contributed by atoms with Crippen molar-refractivity contribution >= 4 is 0 Å². The molecule has 1 fully saturated rings. The van der Waals surface area contributed by atoms with Crippen LogP contribution in [0.3, 0.4) is 0 Å². The number of aliphatic hydroxyl groups excluding tert-OH is 1. The molecule has 0 aliphatic carbocycles. The SMILES string of the molecule is COc1ccc(CN2CCN(C(c3ccccc3)C(O)c3cccc(C)c3)CC2)cc1. The zero-order valence-corrected chi connectivity index (χ0v) is 18.4. The van der Waals surface area contributed by atoms with Crippen molar-refractivity contribution in [2.24, 2.45) is 0 Å². The van der Waals surface area contributed by atoms with Gasteiger partial charge in [0.2, 0.25) is 0 Å².